The van der Waals surface area contributed by atoms with Crippen LogP contribution in [0, 0.1) is 0 Å². The molecule has 1 unspecified atom stereocenters. The monoisotopic (exact) mass is 365 g/mol. The molecule has 1 fully saturated rings. The second-order valence-electron chi connectivity index (χ2n) is 5.26. The Hall–Kier alpha value is -2.16. The van der Waals surface area contributed by atoms with Crippen molar-refractivity contribution in [3.8, 4) is 5.75 Å². The van der Waals surface area contributed by atoms with Crippen LogP contribution in [0.5, 0.6) is 5.75 Å². The Balaban J connectivity index is 2.11. The summed E-state index contributed by atoms with van der Waals surface area (Å²) in [6.45, 7) is -1.42. The molecule has 0 spiro atoms. The van der Waals surface area contributed by atoms with Gasteiger partial charge in [-0.05, 0) is 12.5 Å². The zero-order chi connectivity index (χ0) is 18.1. The van der Waals surface area contributed by atoms with Crippen molar-refractivity contribution in [3.05, 3.63) is 22.7 Å². The van der Waals surface area contributed by atoms with Gasteiger partial charge in [0.2, 0.25) is 5.91 Å². The molecule has 1 atom stereocenters. The third-order valence-corrected chi connectivity index (χ3v) is 3.86. The summed E-state index contributed by atoms with van der Waals surface area (Å²) in [5, 5.41) is 2.53. The molecular weight excluding hydrogens is 351 g/mol. The molecule has 2 rings (SSSR count). The van der Waals surface area contributed by atoms with Crippen LogP contribution in [0.2, 0.25) is 5.02 Å². The number of anilines is 1. The molecule has 1 saturated heterocycles. The average molecular weight is 366 g/mol. The van der Waals surface area contributed by atoms with Crippen molar-refractivity contribution >= 4 is 29.1 Å². The van der Waals surface area contributed by atoms with E-state index in [1.807, 2.05) is 0 Å². The zero-order valence-electron chi connectivity index (χ0n) is 12.6. The molecule has 10 heteroatoms. The Morgan fingerprint density at radius 1 is 1.50 bits per heavy atom. The maximum absolute atomic E-state index is 12.4. The number of benzene rings is 1. The maximum atomic E-state index is 12.4. The van der Waals surface area contributed by atoms with Gasteiger partial charge >= 0.3 is 6.18 Å². The topological polar surface area (TPSA) is 84.7 Å². The van der Waals surface area contributed by atoms with Crippen LogP contribution in [0.15, 0.2) is 12.1 Å². The third kappa shape index (κ3) is 4.02. The smallest absolute Gasteiger partial charge is 0.406 e. The van der Waals surface area contributed by atoms with Gasteiger partial charge in [0.1, 0.15) is 18.3 Å². The van der Waals surface area contributed by atoms with E-state index in [0.29, 0.717) is 4.90 Å². The van der Waals surface area contributed by atoms with Crippen LogP contribution in [-0.4, -0.2) is 49.1 Å². The standard InChI is InChI=1S/C14H15ClF3N3O3/c1-24-11-5-9(19)8(15)4-7(11)12(22)20-10-2-3-21(13(10)23)6-14(16,17)18/h4-5,10H,2-3,6,19H2,1H3,(H,20,22). The van der Waals surface area contributed by atoms with E-state index >= 15 is 0 Å². The number of carbonyl (C=O) groups is 2. The molecule has 1 aromatic rings. The summed E-state index contributed by atoms with van der Waals surface area (Å²) in [4.78, 5) is 24.9. The number of hydrogen-bond acceptors (Lipinski definition) is 4. The number of alkyl halides is 3. The number of nitrogens with two attached hydrogens (primary N) is 1. The Kier molecular flexibility index (Phi) is 5.12. The molecule has 24 heavy (non-hydrogen) atoms. The Morgan fingerprint density at radius 3 is 2.75 bits per heavy atom. The summed E-state index contributed by atoms with van der Waals surface area (Å²) in [6, 6.07) is 1.60. The van der Waals surface area contributed by atoms with Crippen LogP contribution < -0.4 is 15.8 Å². The van der Waals surface area contributed by atoms with Crippen molar-refractivity contribution in [2.75, 3.05) is 25.9 Å². The van der Waals surface area contributed by atoms with E-state index in [9.17, 15) is 22.8 Å². The highest BCUT2D eigenvalue weighted by atomic mass is 35.5. The minimum atomic E-state index is -4.48. The fraction of sp³-hybridized carbons (Fsp3) is 0.429. The van der Waals surface area contributed by atoms with Crippen molar-refractivity contribution in [2.24, 2.45) is 0 Å². The average Bonchev–Trinajstić information content (AvgIpc) is 2.80. The molecule has 0 bridgehead atoms. The zero-order valence-corrected chi connectivity index (χ0v) is 13.4. The van der Waals surface area contributed by atoms with Crippen molar-refractivity contribution in [2.45, 2.75) is 18.6 Å². The van der Waals surface area contributed by atoms with Crippen LogP contribution in [-0.2, 0) is 4.79 Å². The number of carbonyl (C=O) groups excluding carboxylic acids is 2. The number of ether oxygens (including phenoxy) is 1. The summed E-state index contributed by atoms with van der Waals surface area (Å²) < 4.78 is 42.2. The lowest BCUT2D eigenvalue weighted by molar-refractivity contribution is -0.157. The van der Waals surface area contributed by atoms with Crippen LogP contribution in [0.4, 0.5) is 18.9 Å². The predicted octanol–water partition coefficient (Wildman–Crippen LogP) is 1.82. The van der Waals surface area contributed by atoms with Crippen LogP contribution >= 0.6 is 11.6 Å². The molecule has 0 saturated carbocycles. The molecule has 6 nitrogen and oxygen atoms in total. The summed E-state index contributed by atoms with van der Waals surface area (Å²) in [7, 11) is 1.32. The van der Waals surface area contributed by atoms with E-state index in [0.717, 1.165) is 0 Å². The minimum absolute atomic E-state index is 0.0405. The minimum Gasteiger partial charge on any atom is -0.496 e. The number of nitrogens with zero attached hydrogens (tertiary/aromatic N) is 1. The van der Waals surface area contributed by atoms with Gasteiger partial charge in [0.25, 0.3) is 5.91 Å². The fourth-order valence-electron chi connectivity index (χ4n) is 2.40. The highest BCUT2D eigenvalue weighted by molar-refractivity contribution is 6.33. The molecule has 0 aromatic heterocycles. The van der Waals surface area contributed by atoms with Gasteiger partial charge in [0.05, 0.1) is 23.4 Å². The second kappa shape index (κ2) is 6.76. The fourth-order valence-corrected chi connectivity index (χ4v) is 2.56. The first-order valence-electron chi connectivity index (χ1n) is 6.92. The lowest BCUT2D eigenvalue weighted by atomic mass is 10.1. The Bertz CT molecular complexity index is 667. The molecule has 0 radical (unpaired) electrons. The number of likely N-dealkylation sites (tertiary alicyclic amines) is 1. The lowest BCUT2D eigenvalue weighted by Gasteiger charge is -2.19. The van der Waals surface area contributed by atoms with Gasteiger partial charge in [-0.1, -0.05) is 11.6 Å². The number of nitrogen functional groups attached to an aromatic ring is 1. The predicted molar refractivity (Wildman–Crippen MR) is 80.9 cm³/mol. The number of halogens is 4. The van der Waals surface area contributed by atoms with Gasteiger partial charge in [-0.3, -0.25) is 9.59 Å². The van der Waals surface area contributed by atoms with Crippen LogP contribution in [0.1, 0.15) is 16.8 Å². The van der Waals surface area contributed by atoms with Crippen LogP contribution in [0.3, 0.4) is 0 Å². The summed E-state index contributed by atoms with van der Waals surface area (Å²) in [5.74, 6) is -1.31. The number of amides is 2. The van der Waals surface area contributed by atoms with E-state index < -0.39 is 30.6 Å². The molecule has 0 aliphatic carbocycles. The SMILES string of the molecule is COc1cc(N)c(Cl)cc1C(=O)NC1CCN(CC(F)(F)F)C1=O. The molecule has 1 aromatic carbocycles. The first kappa shape index (κ1) is 18.2. The van der Waals surface area contributed by atoms with Crippen molar-refractivity contribution in [1.82, 2.24) is 10.2 Å². The number of hydrogen-bond donors (Lipinski definition) is 2. The quantitative estimate of drug-likeness (QED) is 0.797. The molecule has 1 heterocycles. The normalized spacial score (nSPS) is 18.0. The first-order valence-corrected chi connectivity index (χ1v) is 7.29. The summed E-state index contributed by atoms with van der Waals surface area (Å²) >= 11 is 5.87. The number of methoxy groups -OCH3 is 1. The first-order chi connectivity index (χ1) is 11.1. The van der Waals surface area contributed by atoms with E-state index in [-0.39, 0.29) is 35.0 Å². The Morgan fingerprint density at radius 2 is 2.17 bits per heavy atom. The number of rotatable bonds is 4. The molecule has 1 aliphatic rings. The largest absolute Gasteiger partial charge is 0.496 e. The van der Waals surface area contributed by atoms with Gasteiger partial charge in [0, 0.05) is 12.6 Å². The highest BCUT2D eigenvalue weighted by Crippen LogP contribution is 2.29. The molecule has 2 amide bonds. The lowest BCUT2D eigenvalue weighted by Crippen LogP contribution is -2.43. The van der Waals surface area contributed by atoms with Gasteiger partial charge < -0.3 is 20.7 Å². The molecule has 3 N–H and O–H groups in total. The van der Waals surface area contributed by atoms with Crippen molar-refractivity contribution < 1.29 is 27.5 Å². The van der Waals surface area contributed by atoms with E-state index in [1.165, 1.54) is 19.2 Å². The van der Waals surface area contributed by atoms with Crippen molar-refractivity contribution in [3.63, 3.8) is 0 Å². The molecule has 132 valence electrons. The second-order valence-corrected chi connectivity index (χ2v) is 5.67. The summed E-state index contributed by atoms with van der Waals surface area (Å²) in [6.07, 6.45) is -4.39. The van der Waals surface area contributed by atoms with Crippen molar-refractivity contribution in [1.29, 1.82) is 0 Å². The Labute approximate surface area is 140 Å². The van der Waals surface area contributed by atoms with Gasteiger partial charge in [0.15, 0.2) is 0 Å². The van der Waals surface area contributed by atoms with E-state index in [4.69, 9.17) is 22.1 Å². The number of nitrogens with one attached hydrogen (secondary N) is 1. The maximum Gasteiger partial charge on any atom is 0.406 e. The molecule has 1 aliphatic heterocycles. The highest BCUT2D eigenvalue weighted by Gasteiger charge is 2.40. The van der Waals surface area contributed by atoms with Crippen LogP contribution in [0.25, 0.3) is 0 Å². The van der Waals surface area contributed by atoms with Gasteiger partial charge in [-0.2, -0.15) is 13.2 Å². The molecular formula is C14H15ClF3N3O3. The van der Waals surface area contributed by atoms with Gasteiger partial charge in [-0.15, -0.1) is 0 Å². The summed E-state index contributed by atoms with van der Waals surface area (Å²) in [5.41, 5.74) is 5.86. The van der Waals surface area contributed by atoms with E-state index in [2.05, 4.69) is 5.32 Å². The third-order valence-electron chi connectivity index (χ3n) is 3.54. The van der Waals surface area contributed by atoms with Gasteiger partial charge in [-0.25, -0.2) is 0 Å². The van der Waals surface area contributed by atoms with E-state index in [1.54, 1.807) is 0 Å².